The van der Waals surface area contributed by atoms with Crippen molar-refractivity contribution >= 4 is 11.5 Å². The fraction of sp³-hybridized carbons (Fsp3) is 0.500. The van der Waals surface area contributed by atoms with Crippen LogP contribution in [0.1, 0.15) is 36.5 Å². The lowest BCUT2D eigenvalue weighted by Crippen LogP contribution is -2.41. The highest BCUT2D eigenvalue weighted by molar-refractivity contribution is 6.04. The highest BCUT2D eigenvalue weighted by atomic mass is 16.1. The van der Waals surface area contributed by atoms with Crippen LogP contribution in [-0.4, -0.2) is 16.8 Å². The average molecular weight is 219 g/mol. The molecule has 1 heterocycles. The van der Waals surface area contributed by atoms with Crippen molar-refractivity contribution in [2.24, 2.45) is 11.1 Å². The number of aromatic nitrogens is 1. The number of rotatable bonds is 2. The number of nitrogen functional groups attached to an aromatic ring is 1. The molecular formula is C12H17N3O. The number of anilines is 1. The van der Waals surface area contributed by atoms with Crippen LogP contribution in [0.5, 0.6) is 0 Å². The van der Waals surface area contributed by atoms with E-state index in [0.717, 1.165) is 19.3 Å². The first-order valence-electron chi connectivity index (χ1n) is 5.55. The van der Waals surface area contributed by atoms with Gasteiger partial charge in [0.05, 0.1) is 5.56 Å². The third kappa shape index (κ3) is 1.59. The maximum absolute atomic E-state index is 12.4. The number of carbonyl (C=O) groups is 1. The van der Waals surface area contributed by atoms with E-state index in [1.807, 2.05) is 6.92 Å². The molecular weight excluding hydrogens is 202 g/mol. The number of Topliss-reactive ketones (excluding diaryl/α,β-unsaturated/α-hetero) is 1. The van der Waals surface area contributed by atoms with Crippen molar-refractivity contribution in [1.29, 1.82) is 0 Å². The molecule has 0 saturated heterocycles. The monoisotopic (exact) mass is 219 g/mol. The summed E-state index contributed by atoms with van der Waals surface area (Å²) in [5.41, 5.74) is 12.3. The second-order valence-corrected chi connectivity index (χ2v) is 4.71. The van der Waals surface area contributed by atoms with E-state index in [4.69, 9.17) is 11.5 Å². The van der Waals surface area contributed by atoms with Crippen LogP contribution in [0.4, 0.5) is 5.69 Å². The molecule has 2 atom stereocenters. The number of nitrogens with two attached hydrogens (primary N) is 2. The number of ketones is 1. The first-order chi connectivity index (χ1) is 7.55. The molecule has 0 radical (unpaired) electrons. The van der Waals surface area contributed by atoms with Crippen LogP contribution in [0, 0.1) is 5.41 Å². The number of hydrogen-bond donors (Lipinski definition) is 2. The van der Waals surface area contributed by atoms with Crippen LogP contribution >= 0.6 is 0 Å². The SMILES string of the molecule is CC1(C(=O)c2cnccc2N)CCCC1N. The molecule has 0 aromatic carbocycles. The molecule has 0 aliphatic heterocycles. The van der Waals surface area contributed by atoms with Crippen LogP contribution < -0.4 is 11.5 Å². The van der Waals surface area contributed by atoms with Gasteiger partial charge in [0.25, 0.3) is 0 Å². The molecule has 0 amide bonds. The molecule has 4 heteroatoms. The summed E-state index contributed by atoms with van der Waals surface area (Å²) in [4.78, 5) is 16.4. The first kappa shape index (κ1) is 11.1. The van der Waals surface area contributed by atoms with Gasteiger partial charge < -0.3 is 11.5 Å². The molecule has 1 aromatic rings. The maximum Gasteiger partial charge on any atom is 0.173 e. The minimum absolute atomic E-state index is 0.0306. The number of nitrogens with zero attached hydrogens (tertiary/aromatic N) is 1. The summed E-state index contributed by atoms with van der Waals surface area (Å²) < 4.78 is 0. The van der Waals surface area contributed by atoms with Crippen molar-refractivity contribution in [2.45, 2.75) is 32.2 Å². The highest BCUT2D eigenvalue weighted by Gasteiger charge is 2.43. The Balaban J connectivity index is 2.36. The number of carbonyl (C=O) groups excluding carboxylic acids is 1. The normalized spacial score (nSPS) is 29.2. The van der Waals surface area contributed by atoms with Gasteiger partial charge in [-0.25, -0.2) is 0 Å². The fourth-order valence-electron chi connectivity index (χ4n) is 2.38. The minimum atomic E-state index is -0.475. The van der Waals surface area contributed by atoms with Gasteiger partial charge in [0.2, 0.25) is 0 Å². The summed E-state index contributed by atoms with van der Waals surface area (Å²) >= 11 is 0. The van der Waals surface area contributed by atoms with Gasteiger partial charge in [-0.05, 0) is 18.9 Å². The Labute approximate surface area is 95.0 Å². The second-order valence-electron chi connectivity index (χ2n) is 4.71. The van der Waals surface area contributed by atoms with Crippen molar-refractivity contribution in [1.82, 2.24) is 4.98 Å². The molecule has 0 bridgehead atoms. The molecule has 1 saturated carbocycles. The third-order valence-corrected chi connectivity index (χ3v) is 3.65. The van der Waals surface area contributed by atoms with Gasteiger partial charge in [0, 0.05) is 29.5 Å². The third-order valence-electron chi connectivity index (χ3n) is 3.65. The lowest BCUT2D eigenvalue weighted by Gasteiger charge is -2.27. The van der Waals surface area contributed by atoms with Gasteiger partial charge in [0.1, 0.15) is 0 Å². The van der Waals surface area contributed by atoms with Gasteiger partial charge in [-0.2, -0.15) is 0 Å². The van der Waals surface area contributed by atoms with E-state index < -0.39 is 5.41 Å². The largest absolute Gasteiger partial charge is 0.398 e. The molecule has 16 heavy (non-hydrogen) atoms. The van der Waals surface area contributed by atoms with Crippen molar-refractivity contribution in [3.8, 4) is 0 Å². The van der Waals surface area contributed by atoms with Crippen molar-refractivity contribution < 1.29 is 4.79 Å². The highest BCUT2D eigenvalue weighted by Crippen LogP contribution is 2.40. The van der Waals surface area contributed by atoms with E-state index in [0.29, 0.717) is 11.3 Å². The van der Waals surface area contributed by atoms with E-state index in [-0.39, 0.29) is 11.8 Å². The lowest BCUT2D eigenvalue weighted by molar-refractivity contribution is 0.0803. The summed E-state index contributed by atoms with van der Waals surface area (Å²) in [5.74, 6) is 0.0306. The zero-order valence-corrected chi connectivity index (χ0v) is 9.44. The van der Waals surface area contributed by atoms with E-state index in [1.54, 1.807) is 12.3 Å². The van der Waals surface area contributed by atoms with Gasteiger partial charge in [-0.3, -0.25) is 9.78 Å². The van der Waals surface area contributed by atoms with Crippen LogP contribution in [-0.2, 0) is 0 Å². The lowest BCUT2D eigenvalue weighted by atomic mass is 9.78. The zero-order valence-electron chi connectivity index (χ0n) is 9.44. The summed E-state index contributed by atoms with van der Waals surface area (Å²) in [5, 5.41) is 0. The van der Waals surface area contributed by atoms with Gasteiger partial charge >= 0.3 is 0 Å². The number of hydrogen-bond acceptors (Lipinski definition) is 4. The summed E-state index contributed by atoms with van der Waals surface area (Å²) in [6.45, 7) is 1.93. The maximum atomic E-state index is 12.4. The van der Waals surface area contributed by atoms with Crippen molar-refractivity contribution in [3.63, 3.8) is 0 Å². The van der Waals surface area contributed by atoms with Crippen LogP contribution in [0.15, 0.2) is 18.5 Å². The topological polar surface area (TPSA) is 82.0 Å². The Morgan fingerprint density at radius 2 is 2.38 bits per heavy atom. The first-order valence-corrected chi connectivity index (χ1v) is 5.55. The van der Waals surface area contributed by atoms with Crippen LogP contribution in [0.25, 0.3) is 0 Å². The summed E-state index contributed by atoms with van der Waals surface area (Å²) in [6, 6.07) is 1.58. The zero-order chi connectivity index (χ0) is 11.8. The second kappa shape index (κ2) is 3.87. The molecule has 1 aromatic heterocycles. The smallest absolute Gasteiger partial charge is 0.173 e. The fourth-order valence-corrected chi connectivity index (χ4v) is 2.38. The Kier molecular flexibility index (Phi) is 2.68. The van der Waals surface area contributed by atoms with E-state index in [9.17, 15) is 4.79 Å². The molecule has 4 N–H and O–H groups in total. The molecule has 0 spiro atoms. The quantitative estimate of drug-likeness (QED) is 0.736. The molecule has 2 unspecified atom stereocenters. The summed E-state index contributed by atoms with van der Waals surface area (Å²) in [7, 11) is 0. The van der Waals surface area contributed by atoms with Gasteiger partial charge in [-0.15, -0.1) is 0 Å². The molecule has 1 fully saturated rings. The standard InChI is InChI=1S/C12H17N3O/c1-12(5-2-3-10(12)14)11(16)8-7-15-6-4-9(8)13/h4,6-7,10H,2-3,5,14H2,1H3,(H2,13,15). The van der Waals surface area contributed by atoms with E-state index >= 15 is 0 Å². The van der Waals surface area contributed by atoms with Crippen molar-refractivity contribution in [3.05, 3.63) is 24.0 Å². The Morgan fingerprint density at radius 3 is 2.94 bits per heavy atom. The molecule has 1 aliphatic rings. The molecule has 86 valence electrons. The Hall–Kier alpha value is -1.42. The van der Waals surface area contributed by atoms with Gasteiger partial charge in [-0.1, -0.05) is 13.3 Å². The molecule has 2 rings (SSSR count). The van der Waals surface area contributed by atoms with Crippen LogP contribution in [0.3, 0.4) is 0 Å². The Morgan fingerprint density at radius 1 is 1.62 bits per heavy atom. The van der Waals surface area contributed by atoms with Gasteiger partial charge in [0.15, 0.2) is 5.78 Å². The predicted molar refractivity (Wildman–Crippen MR) is 62.9 cm³/mol. The summed E-state index contributed by atoms with van der Waals surface area (Å²) in [6.07, 6.45) is 5.87. The molecule has 1 aliphatic carbocycles. The number of pyridine rings is 1. The van der Waals surface area contributed by atoms with Crippen molar-refractivity contribution in [2.75, 3.05) is 5.73 Å². The molecule has 4 nitrogen and oxygen atoms in total. The van der Waals surface area contributed by atoms with Crippen LogP contribution in [0.2, 0.25) is 0 Å². The average Bonchev–Trinajstić information content (AvgIpc) is 2.60. The Bertz CT molecular complexity index is 418. The predicted octanol–water partition coefficient (Wildman–Crippen LogP) is 1.36. The minimum Gasteiger partial charge on any atom is -0.398 e. The van der Waals surface area contributed by atoms with E-state index in [1.165, 1.54) is 6.20 Å². The van der Waals surface area contributed by atoms with E-state index in [2.05, 4.69) is 4.98 Å².